The number of nitrogens with zero attached hydrogens (tertiary/aromatic N) is 3. The average Bonchev–Trinajstić information content (AvgIpc) is 2.54. The molecule has 1 heterocycles. The fourth-order valence-electron chi connectivity index (χ4n) is 2.39. The first-order chi connectivity index (χ1) is 8.86. The highest BCUT2D eigenvalue weighted by Crippen LogP contribution is 2.25. The second-order valence-corrected chi connectivity index (χ2v) is 5.45. The summed E-state index contributed by atoms with van der Waals surface area (Å²) in [6.45, 7) is 8.60. The third-order valence-corrected chi connectivity index (χ3v) is 3.05. The Morgan fingerprint density at radius 2 is 2.11 bits per heavy atom. The van der Waals surface area contributed by atoms with E-state index in [-0.39, 0.29) is 16.7 Å². The fourth-order valence-corrected chi connectivity index (χ4v) is 2.39. The highest BCUT2D eigenvalue weighted by Gasteiger charge is 2.26. The first kappa shape index (κ1) is 15.6. The van der Waals surface area contributed by atoms with Gasteiger partial charge in [0.05, 0.1) is 4.92 Å². The molecule has 0 aliphatic carbocycles. The summed E-state index contributed by atoms with van der Waals surface area (Å²) in [5.41, 5.74) is 7.36. The maximum atomic E-state index is 11.2. The van der Waals surface area contributed by atoms with Crippen LogP contribution < -0.4 is 5.73 Å². The quantitative estimate of drug-likeness (QED) is 0.607. The van der Waals surface area contributed by atoms with Crippen LogP contribution in [0.5, 0.6) is 0 Å². The van der Waals surface area contributed by atoms with Gasteiger partial charge in [0, 0.05) is 19.0 Å². The third-order valence-electron chi connectivity index (χ3n) is 3.05. The summed E-state index contributed by atoms with van der Waals surface area (Å²) in [4.78, 5) is 10.8. The van der Waals surface area contributed by atoms with Gasteiger partial charge in [0.15, 0.2) is 0 Å². The number of nitro groups is 1. The Morgan fingerprint density at radius 1 is 1.47 bits per heavy atom. The second-order valence-electron chi connectivity index (χ2n) is 5.45. The van der Waals surface area contributed by atoms with Crippen LogP contribution in [0.1, 0.15) is 45.0 Å². The highest BCUT2D eigenvalue weighted by atomic mass is 16.6. The largest absolute Gasteiger partial charge is 0.327 e. The molecule has 1 aromatic heterocycles. The predicted octanol–water partition coefficient (Wildman–Crippen LogP) is 2.43. The molecule has 0 aromatic carbocycles. The first-order valence-corrected chi connectivity index (χ1v) is 6.83. The Hall–Kier alpha value is -1.43. The van der Waals surface area contributed by atoms with E-state index in [1.807, 2.05) is 6.92 Å². The molecule has 108 valence electrons. The van der Waals surface area contributed by atoms with E-state index in [0.717, 1.165) is 12.8 Å². The fraction of sp³-hybridized carbons (Fsp3) is 0.769. The minimum absolute atomic E-state index is 0.0644. The molecule has 0 bridgehead atoms. The van der Waals surface area contributed by atoms with E-state index in [1.54, 1.807) is 11.6 Å². The number of aryl methyl sites for hydroxylation is 2. The van der Waals surface area contributed by atoms with Crippen LogP contribution in [0.25, 0.3) is 0 Å². The Labute approximate surface area is 114 Å². The summed E-state index contributed by atoms with van der Waals surface area (Å²) in [5, 5.41) is 15.4. The van der Waals surface area contributed by atoms with E-state index in [1.165, 1.54) is 0 Å². The highest BCUT2D eigenvalue weighted by molar-refractivity contribution is 5.41. The predicted molar refractivity (Wildman–Crippen MR) is 75.0 cm³/mol. The van der Waals surface area contributed by atoms with Gasteiger partial charge in [-0.25, -0.2) is 0 Å². The van der Waals surface area contributed by atoms with Crippen LogP contribution in [0, 0.1) is 23.0 Å². The van der Waals surface area contributed by atoms with Crippen molar-refractivity contribution in [3.05, 3.63) is 21.5 Å². The molecule has 0 saturated heterocycles. The summed E-state index contributed by atoms with van der Waals surface area (Å²) in [6, 6.07) is -0.0644. The third kappa shape index (κ3) is 4.02. The van der Waals surface area contributed by atoms with Crippen molar-refractivity contribution in [2.75, 3.05) is 0 Å². The van der Waals surface area contributed by atoms with Crippen molar-refractivity contribution in [2.24, 2.45) is 11.7 Å². The lowest BCUT2D eigenvalue weighted by Crippen LogP contribution is -2.26. The zero-order valence-electron chi connectivity index (χ0n) is 12.2. The van der Waals surface area contributed by atoms with Crippen LogP contribution in [-0.2, 0) is 13.0 Å². The molecule has 0 aliphatic heterocycles. The normalized spacial score (nSPS) is 12.9. The lowest BCUT2D eigenvalue weighted by molar-refractivity contribution is -0.386. The maximum Gasteiger partial charge on any atom is 0.313 e. The van der Waals surface area contributed by atoms with E-state index in [0.29, 0.717) is 30.3 Å². The monoisotopic (exact) mass is 268 g/mol. The van der Waals surface area contributed by atoms with Gasteiger partial charge in [-0.2, -0.15) is 5.10 Å². The minimum atomic E-state index is -0.341. The molecular weight excluding hydrogens is 244 g/mol. The lowest BCUT2D eigenvalue weighted by Gasteiger charge is -2.14. The molecule has 0 radical (unpaired) electrons. The number of aromatic nitrogens is 2. The summed E-state index contributed by atoms with van der Waals surface area (Å²) in [5.74, 6) is 0.484. The number of hydrogen-bond donors (Lipinski definition) is 1. The van der Waals surface area contributed by atoms with E-state index < -0.39 is 0 Å². The first-order valence-electron chi connectivity index (χ1n) is 6.83. The molecule has 1 aromatic rings. The molecular formula is C13H24N4O2. The molecule has 1 rings (SSSR count). The van der Waals surface area contributed by atoms with Crippen molar-refractivity contribution in [3.8, 4) is 0 Å². The van der Waals surface area contributed by atoms with Crippen molar-refractivity contribution < 1.29 is 4.92 Å². The number of nitrogens with two attached hydrogens (primary N) is 1. The van der Waals surface area contributed by atoms with Crippen LogP contribution >= 0.6 is 0 Å². The summed E-state index contributed by atoms with van der Waals surface area (Å²) in [6.07, 6.45) is 2.26. The smallest absolute Gasteiger partial charge is 0.313 e. The molecule has 0 fully saturated rings. The van der Waals surface area contributed by atoms with Crippen LogP contribution in [0.15, 0.2) is 0 Å². The van der Waals surface area contributed by atoms with Crippen LogP contribution in [-0.4, -0.2) is 20.7 Å². The molecule has 1 atom stereocenters. The zero-order valence-corrected chi connectivity index (χ0v) is 12.2. The molecule has 0 saturated carbocycles. The standard InChI is InChI=1S/C13H24N4O2/c1-5-6-16-12(8-11(14)7-9(2)3)13(17(18)19)10(4)15-16/h9,11H,5-8,14H2,1-4H3. The van der Waals surface area contributed by atoms with Gasteiger partial charge in [-0.1, -0.05) is 20.8 Å². The van der Waals surface area contributed by atoms with Crippen molar-refractivity contribution in [3.63, 3.8) is 0 Å². The van der Waals surface area contributed by atoms with E-state index >= 15 is 0 Å². The number of rotatable bonds is 7. The Balaban J connectivity index is 3.04. The van der Waals surface area contributed by atoms with Crippen molar-refractivity contribution in [1.82, 2.24) is 9.78 Å². The maximum absolute atomic E-state index is 11.2. The van der Waals surface area contributed by atoms with Crippen molar-refractivity contribution in [2.45, 2.75) is 59.5 Å². The molecule has 2 N–H and O–H groups in total. The lowest BCUT2D eigenvalue weighted by atomic mass is 10.00. The van der Waals surface area contributed by atoms with Gasteiger partial charge in [0.2, 0.25) is 0 Å². The van der Waals surface area contributed by atoms with Gasteiger partial charge in [-0.05, 0) is 25.7 Å². The topological polar surface area (TPSA) is 87.0 Å². The van der Waals surface area contributed by atoms with E-state index in [4.69, 9.17) is 5.73 Å². The summed E-state index contributed by atoms with van der Waals surface area (Å²) >= 11 is 0. The van der Waals surface area contributed by atoms with Crippen LogP contribution in [0.2, 0.25) is 0 Å². The van der Waals surface area contributed by atoms with Crippen molar-refractivity contribution >= 4 is 5.69 Å². The number of hydrogen-bond acceptors (Lipinski definition) is 4. The van der Waals surface area contributed by atoms with Gasteiger partial charge in [0.1, 0.15) is 11.4 Å². The van der Waals surface area contributed by atoms with Gasteiger partial charge in [-0.15, -0.1) is 0 Å². The molecule has 0 spiro atoms. The Kier molecular flexibility index (Phi) is 5.47. The summed E-state index contributed by atoms with van der Waals surface area (Å²) < 4.78 is 1.74. The van der Waals surface area contributed by atoms with Crippen molar-refractivity contribution in [1.29, 1.82) is 0 Å². The van der Waals surface area contributed by atoms with Gasteiger partial charge < -0.3 is 5.73 Å². The van der Waals surface area contributed by atoms with Gasteiger partial charge in [0.25, 0.3) is 0 Å². The summed E-state index contributed by atoms with van der Waals surface area (Å²) in [7, 11) is 0. The average molecular weight is 268 g/mol. The Bertz CT molecular complexity index is 440. The molecule has 19 heavy (non-hydrogen) atoms. The molecule has 6 nitrogen and oxygen atoms in total. The molecule has 6 heteroatoms. The van der Waals surface area contributed by atoms with E-state index in [9.17, 15) is 10.1 Å². The van der Waals surface area contributed by atoms with E-state index in [2.05, 4.69) is 18.9 Å². The van der Waals surface area contributed by atoms with Gasteiger partial charge >= 0.3 is 5.69 Å². The van der Waals surface area contributed by atoms with Crippen LogP contribution in [0.4, 0.5) is 5.69 Å². The van der Waals surface area contributed by atoms with Crippen LogP contribution in [0.3, 0.4) is 0 Å². The minimum Gasteiger partial charge on any atom is -0.327 e. The molecule has 0 aliphatic rings. The Morgan fingerprint density at radius 3 is 2.58 bits per heavy atom. The zero-order chi connectivity index (χ0) is 14.6. The SMILES string of the molecule is CCCn1nc(C)c([N+](=O)[O-])c1CC(N)CC(C)C. The second kappa shape index (κ2) is 6.65. The molecule has 1 unspecified atom stereocenters. The van der Waals surface area contributed by atoms with Gasteiger partial charge in [-0.3, -0.25) is 14.8 Å². The molecule has 0 amide bonds.